The molecule has 20 heavy (non-hydrogen) atoms. The van der Waals surface area contributed by atoms with E-state index in [1.165, 1.54) is 6.42 Å². The lowest BCUT2D eigenvalue weighted by Crippen LogP contribution is -2.39. The quantitative estimate of drug-likeness (QED) is 0.851. The molecule has 0 radical (unpaired) electrons. The molecule has 114 valence electrons. The Bertz CT molecular complexity index is 567. The summed E-state index contributed by atoms with van der Waals surface area (Å²) in [5, 5.41) is 10.3. The zero-order valence-corrected chi connectivity index (χ0v) is 13.4. The highest BCUT2D eigenvalue weighted by Crippen LogP contribution is 2.27. The van der Waals surface area contributed by atoms with E-state index in [2.05, 4.69) is 15.5 Å². The summed E-state index contributed by atoms with van der Waals surface area (Å²) in [6.45, 7) is 4.66. The van der Waals surface area contributed by atoms with Crippen LogP contribution in [0.4, 0.5) is 0 Å². The normalized spacial score (nSPS) is 27.1. The van der Waals surface area contributed by atoms with Gasteiger partial charge >= 0.3 is 0 Å². The van der Waals surface area contributed by atoms with Gasteiger partial charge in [-0.1, -0.05) is 0 Å². The van der Waals surface area contributed by atoms with Crippen molar-refractivity contribution < 1.29 is 8.42 Å². The number of aromatic amines is 1. The number of H-pyrrole nitrogens is 1. The fraction of sp³-hybridized carbons (Fsp3) is 0.750. The average Bonchev–Trinajstić information content (AvgIpc) is 2.81. The van der Waals surface area contributed by atoms with Crippen LogP contribution in [0.2, 0.25) is 0 Å². The van der Waals surface area contributed by atoms with Crippen LogP contribution >= 0.6 is 12.4 Å². The van der Waals surface area contributed by atoms with Gasteiger partial charge in [-0.15, -0.1) is 12.4 Å². The molecule has 2 aliphatic rings. The van der Waals surface area contributed by atoms with E-state index >= 15 is 0 Å². The third kappa shape index (κ3) is 2.59. The first-order valence-electron chi connectivity index (χ1n) is 6.76. The van der Waals surface area contributed by atoms with E-state index in [1.807, 2.05) is 0 Å². The molecule has 2 bridgehead atoms. The number of rotatable bonds is 2. The average molecular weight is 321 g/mol. The minimum atomic E-state index is -3.43. The molecule has 2 saturated heterocycles. The Morgan fingerprint density at radius 1 is 1.20 bits per heavy atom. The Balaban J connectivity index is 0.00000147. The Hall–Kier alpha value is -0.630. The third-order valence-corrected chi connectivity index (χ3v) is 6.27. The highest BCUT2D eigenvalue weighted by atomic mass is 35.5. The standard InChI is InChI=1S/C12H20N4O2S.ClH/c1-8-12(9(2)15-14-8)19(17,18)16-6-5-10-3-4-11(7-16)13-10;/h10-11,13H,3-7H2,1-2H3,(H,14,15);1H. The number of nitrogens with one attached hydrogen (secondary N) is 2. The highest BCUT2D eigenvalue weighted by Gasteiger charge is 2.36. The van der Waals surface area contributed by atoms with Crippen LogP contribution in [0.5, 0.6) is 0 Å². The molecule has 0 spiro atoms. The lowest BCUT2D eigenvalue weighted by Gasteiger charge is -2.23. The number of fused-ring (bicyclic) bond motifs is 2. The molecule has 2 N–H and O–H groups in total. The summed E-state index contributed by atoms with van der Waals surface area (Å²) in [4.78, 5) is 0.352. The van der Waals surface area contributed by atoms with Crippen LogP contribution in [0.3, 0.4) is 0 Å². The van der Waals surface area contributed by atoms with Gasteiger partial charge < -0.3 is 5.32 Å². The van der Waals surface area contributed by atoms with E-state index < -0.39 is 10.0 Å². The van der Waals surface area contributed by atoms with Gasteiger partial charge in [-0.2, -0.15) is 9.40 Å². The predicted molar refractivity (Wildman–Crippen MR) is 78.6 cm³/mol. The number of hydrogen-bond donors (Lipinski definition) is 2. The molecule has 2 fully saturated rings. The zero-order valence-electron chi connectivity index (χ0n) is 11.7. The SMILES string of the molecule is Cc1n[nH]c(C)c1S(=O)(=O)N1CCC2CCC(C1)N2.Cl. The molecule has 1 aromatic rings. The van der Waals surface area contributed by atoms with Crippen molar-refractivity contribution in [3.8, 4) is 0 Å². The Labute approximate surface area is 125 Å². The molecule has 2 aliphatic heterocycles. The Kier molecular flexibility index (Phi) is 4.44. The monoisotopic (exact) mass is 320 g/mol. The summed E-state index contributed by atoms with van der Waals surface area (Å²) >= 11 is 0. The van der Waals surface area contributed by atoms with E-state index in [1.54, 1.807) is 18.2 Å². The summed E-state index contributed by atoms with van der Waals surface area (Å²) in [5.41, 5.74) is 1.18. The first-order chi connectivity index (χ1) is 8.98. The fourth-order valence-electron chi connectivity index (χ4n) is 3.18. The fourth-order valence-corrected chi connectivity index (χ4v) is 5.01. The van der Waals surface area contributed by atoms with Gasteiger partial charge in [0.15, 0.2) is 0 Å². The molecule has 3 heterocycles. The van der Waals surface area contributed by atoms with Crippen molar-refractivity contribution in [3.63, 3.8) is 0 Å². The predicted octanol–water partition coefficient (Wildman–Crippen LogP) is 0.963. The molecule has 2 atom stereocenters. The second-order valence-corrected chi connectivity index (χ2v) is 7.43. The maximum atomic E-state index is 12.8. The van der Waals surface area contributed by atoms with Gasteiger partial charge in [0.25, 0.3) is 0 Å². The second-order valence-electron chi connectivity index (χ2n) is 5.55. The molecule has 1 aromatic heterocycles. The third-order valence-electron chi connectivity index (χ3n) is 4.14. The van der Waals surface area contributed by atoms with Crippen LogP contribution in [0, 0.1) is 13.8 Å². The highest BCUT2D eigenvalue weighted by molar-refractivity contribution is 7.89. The maximum Gasteiger partial charge on any atom is 0.246 e. The van der Waals surface area contributed by atoms with Crippen molar-refractivity contribution in [2.45, 2.75) is 50.1 Å². The van der Waals surface area contributed by atoms with Crippen molar-refractivity contribution in [1.29, 1.82) is 0 Å². The van der Waals surface area contributed by atoms with E-state index in [0.29, 0.717) is 41.5 Å². The number of halogens is 1. The molecule has 0 aliphatic carbocycles. The number of nitrogens with zero attached hydrogens (tertiary/aromatic N) is 2. The van der Waals surface area contributed by atoms with Gasteiger partial charge in [0.1, 0.15) is 4.90 Å². The first kappa shape index (κ1) is 15.8. The van der Waals surface area contributed by atoms with Gasteiger partial charge in [0.2, 0.25) is 10.0 Å². The minimum absolute atomic E-state index is 0. The number of aryl methyl sites for hydroxylation is 2. The summed E-state index contributed by atoms with van der Waals surface area (Å²) < 4.78 is 27.1. The van der Waals surface area contributed by atoms with Crippen LogP contribution < -0.4 is 5.32 Å². The van der Waals surface area contributed by atoms with E-state index in [-0.39, 0.29) is 12.4 Å². The zero-order chi connectivity index (χ0) is 13.6. The number of sulfonamides is 1. The molecule has 0 saturated carbocycles. The Morgan fingerprint density at radius 2 is 1.90 bits per heavy atom. The molecule has 8 heteroatoms. The number of hydrogen-bond acceptors (Lipinski definition) is 4. The Morgan fingerprint density at radius 3 is 2.55 bits per heavy atom. The van der Waals surface area contributed by atoms with Crippen molar-refractivity contribution in [1.82, 2.24) is 19.8 Å². The summed E-state index contributed by atoms with van der Waals surface area (Å²) in [5.74, 6) is 0. The summed E-state index contributed by atoms with van der Waals surface area (Å²) in [6, 6.07) is 0.784. The summed E-state index contributed by atoms with van der Waals surface area (Å²) in [6.07, 6.45) is 3.13. The molecule has 3 rings (SSSR count). The molecule has 0 aromatic carbocycles. The van der Waals surface area contributed by atoms with Crippen molar-refractivity contribution in [3.05, 3.63) is 11.4 Å². The van der Waals surface area contributed by atoms with Gasteiger partial charge in [0, 0.05) is 25.2 Å². The lowest BCUT2D eigenvalue weighted by atomic mass is 10.1. The van der Waals surface area contributed by atoms with Crippen molar-refractivity contribution in [2.75, 3.05) is 13.1 Å². The number of aromatic nitrogens is 2. The van der Waals surface area contributed by atoms with Crippen LogP contribution in [0.15, 0.2) is 4.90 Å². The van der Waals surface area contributed by atoms with E-state index in [4.69, 9.17) is 0 Å². The van der Waals surface area contributed by atoms with Gasteiger partial charge in [-0.3, -0.25) is 5.10 Å². The smallest absolute Gasteiger partial charge is 0.246 e. The van der Waals surface area contributed by atoms with Gasteiger partial charge in [-0.25, -0.2) is 8.42 Å². The molecule has 2 unspecified atom stereocenters. The van der Waals surface area contributed by atoms with Gasteiger partial charge in [-0.05, 0) is 33.1 Å². The summed E-state index contributed by atoms with van der Waals surface area (Å²) in [7, 11) is -3.43. The minimum Gasteiger partial charge on any atom is -0.310 e. The van der Waals surface area contributed by atoms with Crippen LogP contribution in [0.1, 0.15) is 30.7 Å². The van der Waals surface area contributed by atoms with Crippen molar-refractivity contribution >= 4 is 22.4 Å². The molecular weight excluding hydrogens is 300 g/mol. The second kappa shape index (κ2) is 5.63. The van der Waals surface area contributed by atoms with Crippen LogP contribution in [0.25, 0.3) is 0 Å². The lowest BCUT2D eigenvalue weighted by molar-refractivity contribution is 0.383. The molecule has 0 amide bonds. The van der Waals surface area contributed by atoms with Crippen LogP contribution in [-0.4, -0.2) is 48.1 Å². The molecular formula is C12H21ClN4O2S. The van der Waals surface area contributed by atoms with Crippen molar-refractivity contribution in [2.24, 2.45) is 0 Å². The van der Waals surface area contributed by atoms with E-state index in [0.717, 1.165) is 12.8 Å². The topological polar surface area (TPSA) is 78.1 Å². The largest absolute Gasteiger partial charge is 0.310 e. The maximum absolute atomic E-state index is 12.8. The van der Waals surface area contributed by atoms with Crippen LogP contribution in [-0.2, 0) is 10.0 Å². The molecule has 6 nitrogen and oxygen atoms in total. The van der Waals surface area contributed by atoms with E-state index in [9.17, 15) is 8.42 Å². The first-order valence-corrected chi connectivity index (χ1v) is 8.20. The van der Waals surface area contributed by atoms with Gasteiger partial charge in [0.05, 0.1) is 11.4 Å².